The standard InChI is InChI=1S/C37H40FN3O7/c1-23(2)41-31(18-17-29(42)20-30(43)21-32(44)47-3)33(26-13-15-28(38)16-14-26)34(25-10-6-5-7-11-25)35(41)40-37(46)39-22-24-9-8-12-27(19-24)36(45)48-4/h5-19,23,29-30,42-43H,20-22H2,1-4H3,(H2,39,40,46)/t29-,30-/m1/s1. The average molecular weight is 658 g/mol. The second-order valence-corrected chi connectivity index (χ2v) is 11.4. The third-order valence-electron chi connectivity index (χ3n) is 7.61. The van der Waals surface area contributed by atoms with Crippen molar-refractivity contribution in [2.75, 3.05) is 19.5 Å². The lowest BCUT2D eigenvalue weighted by atomic mass is 9.95. The highest BCUT2D eigenvalue weighted by Gasteiger charge is 2.27. The minimum absolute atomic E-state index is 0.115. The van der Waals surface area contributed by atoms with Crippen molar-refractivity contribution in [2.45, 2.75) is 51.5 Å². The van der Waals surface area contributed by atoms with Crippen molar-refractivity contribution in [2.24, 2.45) is 0 Å². The maximum atomic E-state index is 14.1. The molecule has 0 spiro atoms. The smallest absolute Gasteiger partial charge is 0.337 e. The van der Waals surface area contributed by atoms with Crippen LogP contribution in [0.3, 0.4) is 0 Å². The highest BCUT2D eigenvalue weighted by atomic mass is 19.1. The van der Waals surface area contributed by atoms with E-state index in [9.17, 15) is 29.0 Å². The van der Waals surface area contributed by atoms with Crippen LogP contribution in [0.5, 0.6) is 0 Å². The number of nitrogens with zero attached hydrogens (tertiary/aromatic N) is 1. The SMILES string of the molecule is COC(=O)C[C@H](O)C[C@H](O)C=Cc1c(-c2ccc(F)cc2)c(-c2ccccc2)c(NC(=O)NCc2cccc(C(=O)OC)c2)n1C(C)C. The molecule has 4 N–H and O–H groups in total. The minimum Gasteiger partial charge on any atom is -0.469 e. The van der Waals surface area contributed by atoms with E-state index in [0.29, 0.717) is 39.3 Å². The number of carbonyl (C=O) groups excluding carboxylic acids is 3. The van der Waals surface area contributed by atoms with Crippen LogP contribution in [0.25, 0.3) is 28.3 Å². The summed E-state index contributed by atoms with van der Waals surface area (Å²) in [4.78, 5) is 37.1. The number of carbonyl (C=O) groups is 3. The normalized spacial score (nSPS) is 12.5. The van der Waals surface area contributed by atoms with Gasteiger partial charge in [-0.15, -0.1) is 0 Å². The number of methoxy groups -OCH3 is 2. The van der Waals surface area contributed by atoms with Gasteiger partial charge in [0.05, 0.1) is 44.1 Å². The Labute approximate surface area is 278 Å². The second-order valence-electron chi connectivity index (χ2n) is 11.4. The Morgan fingerprint density at radius 1 is 0.896 bits per heavy atom. The van der Waals surface area contributed by atoms with Gasteiger partial charge in [0.15, 0.2) is 0 Å². The molecule has 0 aliphatic rings. The van der Waals surface area contributed by atoms with Crippen LogP contribution in [0.1, 0.15) is 54.3 Å². The Morgan fingerprint density at radius 3 is 2.23 bits per heavy atom. The molecule has 0 bridgehead atoms. The van der Waals surface area contributed by atoms with Gasteiger partial charge < -0.3 is 29.6 Å². The zero-order valence-electron chi connectivity index (χ0n) is 27.3. The lowest BCUT2D eigenvalue weighted by molar-refractivity contribution is -0.143. The predicted octanol–water partition coefficient (Wildman–Crippen LogP) is 6.34. The van der Waals surface area contributed by atoms with Gasteiger partial charge in [-0.2, -0.15) is 0 Å². The number of nitrogens with one attached hydrogen (secondary N) is 2. The fourth-order valence-electron chi connectivity index (χ4n) is 5.40. The molecule has 10 nitrogen and oxygen atoms in total. The molecule has 0 saturated heterocycles. The van der Waals surface area contributed by atoms with Crippen LogP contribution in [0.2, 0.25) is 0 Å². The molecule has 1 aromatic heterocycles. The number of esters is 2. The van der Waals surface area contributed by atoms with Crippen molar-refractivity contribution in [3.8, 4) is 22.3 Å². The number of halogens is 1. The van der Waals surface area contributed by atoms with Gasteiger partial charge >= 0.3 is 18.0 Å². The third-order valence-corrected chi connectivity index (χ3v) is 7.61. The molecule has 0 aliphatic carbocycles. The molecule has 2 atom stereocenters. The molecule has 48 heavy (non-hydrogen) atoms. The molecular formula is C37H40FN3O7. The van der Waals surface area contributed by atoms with Gasteiger partial charge in [0.25, 0.3) is 0 Å². The summed E-state index contributed by atoms with van der Waals surface area (Å²) in [5.74, 6) is -1.04. The van der Waals surface area contributed by atoms with E-state index in [2.05, 4.69) is 15.4 Å². The number of amides is 2. The second kappa shape index (κ2) is 16.5. The first kappa shape index (κ1) is 35.6. The summed E-state index contributed by atoms with van der Waals surface area (Å²) >= 11 is 0. The minimum atomic E-state index is -1.13. The van der Waals surface area contributed by atoms with E-state index in [-0.39, 0.29) is 25.4 Å². The molecule has 3 aromatic carbocycles. The van der Waals surface area contributed by atoms with Crippen LogP contribution in [-0.4, -0.2) is 59.2 Å². The molecule has 4 rings (SSSR count). The number of aromatic nitrogens is 1. The van der Waals surface area contributed by atoms with E-state index in [1.807, 2.05) is 48.7 Å². The number of rotatable bonds is 13. The number of ether oxygens (including phenoxy) is 2. The number of aliphatic hydroxyl groups is 2. The van der Waals surface area contributed by atoms with E-state index < -0.39 is 36.0 Å². The van der Waals surface area contributed by atoms with Gasteiger partial charge in [-0.3, -0.25) is 10.1 Å². The quantitative estimate of drug-likeness (QED) is 0.123. The number of hydrogen-bond acceptors (Lipinski definition) is 7. The Balaban J connectivity index is 1.80. The van der Waals surface area contributed by atoms with E-state index in [1.165, 1.54) is 32.4 Å². The number of aliphatic hydroxyl groups excluding tert-OH is 2. The number of anilines is 1. The van der Waals surface area contributed by atoms with Gasteiger partial charge in [0, 0.05) is 30.1 Å². The van der Waals surface area contributed by atoms with Crippen molar-refractivity contribution in [3.05, 3.63) is 108 Å². The molecule has 0 saturated carbocycles. The predicted molar refractivity (Wildman–Crippen MR) is 182 cm³/mol. The van der Waals surface area contributed by atoms with E-state index in [1.54, 1.807) is 42.5 Å². The maximum absolute atomic E-state index is 14.1. The van der Waals surface area contributed by atoms with Crippen molar-refractivity contribution in [1.82, 2.24) is 9.88 Å². The molecule has 0 fully saturated rings. The first-order chi connectivity index (χ1) is 23.0. The Morgan fingerprint density at radius 2 is 1.58 bits per heavy atom. The first-order valence-electron chi connectivity index (χ1n) is 15.4. The van der Waals surface area contributed by atoms with Crippen molar-refractivity contribution >= 4 is 29.9 Å². The molecule has 11 heteroatoms. The summed E-state index contributed by atoms with van der Waals surface area (Å²) in [7, 11) is 2.52. The zero-order valence-corrected chi connectivity index (χ0v) is 27.3. The lowest BCUT2D eigenvalue weighted by Crippen LogP contribution is -2.29. The fraction of sp³-hybridized carbons (Fsp3) is 0.270. The zero-order chi connectivity index (χ0) is 34.8. The number of urea groups is 1. The molecule has 4 aromatic rings. The number of benzene rings is 3. The topological polar surface area (TPSA) is 139 Å². The monoisotopic (exact) mass is 657 g/mol. The van der Waals surface area contributed by atoms with Crippen LogP contribution in [0, 0.1) is 5.82 Å². The van der Waals surface area contributed by atoms with Crippen LogP contribution < -0.4 is 10.6 Å². The van der Waals surface area contributed by atoms with Crippen molar-refractivity contribution in [3.63, 3.8) is 0 Å². The van der Waals surface area contributed by atoms with Crippen LogP contribution in [-0.2, 0) is 20.8 Å². The third kappa shape index (κ3) is 8.96. The largest absolute Gasteiger partial charge is 0.469 e. The Bertz CT molecular complexity index is 1750. The summed E-state index contributed by atoms with van der Waals surface area (Å²) in [6.07, 6.45) is 0.577. The van der Waals surface area contributed by atoms with Gasteiger partial charge in [-0.25, -0.2) is 14.0 Å². The van der Waals surface area contributed by atoms with Crippen molar-refractivity contribution < 1.29 is 38.5 Å². The number of hydrogen-bond donors (Lipinski definition) is 4. The lowest BCUT2D eigenvalue weighted by Gasteiger charge is -2.18. The average Bonchev–Trinajstić information content (AvgIpc) is 3.40. The van der Waals surface area contributed by atoms with E-state index >= 15 is 0 Å². The van der Waals surface area contributed by atoms with Crippen LogP contribution in [0.15, 0.2) is 84.9 Å². The van der Waals surface area contributed by atoms with Gasteiger partial charge in [-0.05, 0) is 60.9 Å². The summed E-state index contributed by atoms with van der Waals surface area (Å²) in [5, 5.41) is 27.0. The molecule has 2 amide bonds. The van der Waals surface area contributed by atoms with E-state index in [0.717, 1.165) is 5.56 Å². The molecule has 0 radical (unpaired) electrons. The van der Waals surface area contributed by atoms with Gasteiger partial charge in [0.1, 0.15) is 11.6 Å². The van der Waals surface area contributed by atoms with Crippen LogP contribution in [0.4, 0.5) is 15.0 Å². The summed E-state index contributed by atoms with van der Waals surface area (Å²) in [5.41, 5.74) is 4.44. The fourth-order valence-corrected chi connectivity index (χ4v) is 5.40. The highest BCUT2D eigenvalue weighted by molar-refractivity contribution is 6.02. The summed E-state index contributed by atoms with van der Waals surface area (Å²) in [6, 6.07) is 21.4. The molecule has 0 aliphatic heterocycles. The molecule has 1 heterocycles. The van der Waals surface area contributed by atoms with Crippen LogP contribution >= 0.6 is 0 Å². The van der Waals surface area contributed by atoms with E-state index in [4.69, 9.17) is 4.74 Å². The Kier molecular flexibility index (Phi) is 12.3. The Hall–Kier alpha value is -5.26. The van der Waals surface area contributed by atoms with Gasteiger partial charge in [0.2, 0.25) is 0 Å². The summed E-state index contributed by atoms with van der Waals surface area (Å²) in [6.45, 7) is 4.01. The summed E-state index contributed by atoms with van der Waals surface area (Å²) < 4.78 is 25.4. The molecular weight excluding hydrogens is 617 g/mol. The van der Waals surface area contributed by atoms with Gasteiger partial charge in [-0.1, -0.05) is 60.7 Å². The van der Waals surface area contributed by atoms with Crippen molar-refractivity contribution in [1.29, 1.82) is 0 Å². The maximum Gasteiger partial charge on any atom is 0.337 e. The first-order valence-corrected chi connectivity index (χ1v) is 15.4. The molecule has 0 unspecified atom stereocenters. The molecule has 252 valence electrons. The highest BCUT2D eigenvalue weighted by Crippen LogP contribution is 2.45.